The number of alkyl halides is 2. The van der Waals surface area contributed by atoms with E-state index in [1.54, 1.807) is 12.1 Å². The molecule has 0 saturated heterocycles. The maximum Gasteiger partial charge on any atom is 0.250 e. The molecule has 1 rings (SSSR count). The molecule has 0 aliphatic rings. The van der Waals surface area contributed by atoms with Crippen molar-refractivity contribution in [1.82, 2.24) is 5.32 Å². The van der Waals surface area contributed by atoms with Gasteiger partial charge in [-0.3, -0.25) is 0 Å². The lowest BCUT2D eigenvalue weighted by Gasteiger charge is -2.04. The number of halogens is 2. The molecule has 1 aromatic carbocycles. The third kappa shape index (κ3) is 3.81. The third-order valence-electron chi connectivity index (χ3n) is 1.83. The van der Waals surface area contributed by atoms with Crippen LogP contribution in [0.1, 0.15) is 11.1 Å². The zero-order chi connectivity index (χ0) is 10.4. The van der Waals surface area contributed by atoms with Crippen LogP contribution in [0, 0.1) is 0 Å². The molecule has 14 heavy (non-hydrogen) atoms. The number of nitrogens with one attached hydrogen (secondary N) is 1. The minimum absolute atomic E-state index is 0.00471. The summed E-state index contributed by atoms with van der Waals surface area (Å²) in [6.07, 6.45) is -2.31. The Morgan fingerprint density at radius 2 is 1.71 bits per heavy atom. The highest BCUT2D eigenvalue weighted by Gasteiger charge is 2.00. The Labute approximate surface area is 81.6 Å². The predicted molar refractivity (Wildman–Crippen MR) is 50.1 cm³/mol. The van der Waals surface area contributed by atoms with Gasteiger partial charge in [0.25, 0.3) is 6.43 Å². The van der Waals surface area contributed by atoms with Gasteiger partial charge in [-0.25, -0.2) is 8.78 Å². The van der Waals surface area contributed by atoms with Crippen molar-refractivity contribution in [2.75, 3.05) is 6.54 Å². The molecule has 0 radical (unpaired) electrons. The van der Waals surface area contributed by atoms with Gasteiger partial charge in [0.1, 0.15) is 0 Å². The first-order valence-corrected chi connectivity index (χ1v) is 4.40. The van der Waals surface area contributed by atoms with Crippen molar-refractivity contribution in [2.45, 2.75) is 19.6 Å². The van der Waals surface area contributed by atoms with E-state index in [0.29, 0.717) is 6.54 Å². The highest BCUT2D eigenvalue weighted by atomic mass is 19.3. The summed E-state index contributed by atoms with van der Waals surface area (Å²) in [5.41, 5.74) is 1.76. The largest absolute Gasteiger partial charge is 0.392 e. The Balaban J connectivity index is 2.36. The average Bonchev–Trinajstić information content (AvgIpc) is 2.18. The maximum absolute atomic E-state index is 11.8. The van der Waals surface area contributed by atoms with Crippen molar-refractivity contribution in [3.8, 4) is 0 Å². The normalized spacial score (nSPS) is 10.9. The molecule has 0 aliphatic heterocycles. The fraction of sp³-hybridized carbons (Fsp3) is 0.400. The summed E-state index contributed by atoms with van der Waals surface area (Å²) in [4.78, 5) is 0. The molecular weight excluding hydrogens is 188 g/mol. The van der Waals surface area contributed by atoms with Crippen LogP contribution in [0.25, 0.3) is 0 Å². The number of rotatable bonds is 5. The minimum Gasteiger partial charge on any atom is -0.392 e. The van der Waals surface area contributed by atoms with Gasteiger partial charge in [0.2, 0.25) is 0 Å². The van der Waals surface area contributed by atoms with Gasteiger partial charge in [0.15, 0.2) is 0 Å². The summed E-state index contributed by atoms with van der Waals surface area (Å²) in [7, 11) is 0. The third-order valence-corrected chi connectivity index (χ3v) is 1.83. The van der Waals surface area contributed by atoms with Crippen molar-refractivity contribution >= 4 is 0 Å². The van der Waals surface area contributed by atoms with E-state index >= 15 is 0 Å². The molecule has 4 heteroatoms. The molecule has 0 aromatic heterocycles. The number of benzene rings is 1. The fourth-order valence-electron chi connectivity index (χ4n) is 1.09. The topological polar surface area (TPSA) is 32.3 Å². The van der Waals surface area contributed by atoms with Gasteiger partial charge in [0.05, 0.1) is 13.2 Å². The lowest BCUT2D eigenvalue weighted by atomic mass is 10.1. The maximum atomic E-state index is 11.8. The first-order chi connectivity index (χ1) is 6.72. The van der Waals surface area contributed by atoms with Crippen molar-refractivity contribution < 1.29 is 13.9 Å². The van der Waals surface area contributed by atoms with Crippen LogP contribution in [-0.2, 0) is 13.2 Å². The van der Waals surface area contributed by atoms with Crippen LogP contribution in [0.15, 0.2) is 24.3 Å². The molecule has 2 N–H and O–H groups in total. The van der Waals surface area contributed by atoms with Crippen LogP contribution in [-0.4, -0.2) is 18.1 Å². The molecule has 1 aromatic rings. The van der Waals surface area contributed by atoms with Crippen LogP contribution in [0.4, 0.5) is 8.78 Å². The Kier molecular flexibility index (Phi) is 4.49. The number of hydrogen-bond donors (Lipinski definition) is 2. The molecule has 0 spiro atoms. The van der Waals surface area contributed by atoms with E-state index in [9.17, 15) is 8.78 Å². The van der Waals surface area contributed by atoms with Gasteiger partial charge in [-0.15, -0.1) is 0 Å². The van der Waals surface area contributed by atoms with Crippen LogP contribution in [0.2, 0.25) is 0 Å². The van der Waals surface area contributed by atoms with E-state index < -0.39 is 6.43 Å². The molecular formula is C10H13F2NO. The van der Waals surface area contributed by atoms with Crippen molar-refractivity contribution in [3.63, 3.8) is 0 Å². The molecule has 78 valence electrons. The van der Waals surface area contributed by atoms with E-state index in [2.05, 4.69) is 5.32 Å². The lowest BCUT2D eigenvalue weighted by molar-refractivity contribution is 0.145. The Morgan fingerprint density at radius 3 is 2.21 bits per heavy atom. The number of aliphatic hydroxyl groups is 1. The quantitative estimate of drug-likeness (QED) is 0.757. The SMILES string of the molecule is OCc1ccc(CNCC(F)F)cc1. The summed E-state index contributed by atoms with van der Waals surface area (Å²) >= 11 is 0. The minimum atomic E-state index is -2.31. The summed E-state index contributed by atoms with van der Waals surface area (Å²) in [6.45, 7) is 0.141. The van der Waals surface area contributed by atoms with Crippen LogP contribution < -0.4 is 5.32 Å². The summed E-state index contributed by atoms with van der Waals surface area (Å²) < 4.78 is 23.5. The molecule has 2 nitrogen and oxygen atoms in total. The monoisotopic (exact) mass is 201 g/mol. The highest BCUT2D eigenvalue weighted by molar-refractivity contribution is 5.21. The summed E-state index contributed by atoms with van der Waals surface area (Å²) in [5.74, 6) is 0. The second-order valence-corrected chi connectivity index (χ2v) is 3.00. The van der Waals surface area contributed by atoms with Gasteiger partial charge in [-0.05, 0) is 11.1 Å². The second kappa shape index (κ2) is 5.67. The molecule has 0 unspecified atom stereocenters. The predicted octanol–water partition coefficient (Wildman–Crippen LogP) is 1.53. The van der Waals surface area contributed by atoms with E-state index in [1.165, 1.54) is 0 Å². The molecule has 0 saturated carbocycles. The molecule has 0 heterocycles. The van der Waals surface area contributed by atoms with Gasteiger partial charge < -0.3 is 10.4 Å². The summed E-state index contributed by atoms with van der Waals surface area (Å²) in [5, 5.41) is 11.4. The number of hydrogen-bond acceptors (Lipinski definition) is 2. The Bertz CT molecular complexity index is 261. The average molecular weight is 201 g/mol. The lowest BCUT2D eigenvalue weighted by Crippen LogP contribution is -2.20. The first kappa shape index (κ1) is 11.1. The Hall–Kier alpha value is -1.00. The van der Waals surface area contributed by atoms with E-state index in [1.807, 2.05) is 12.1 Å². The highest BCUT2D eigenvalue weighted by Crippen LogP contribution is 2.04. The van der Waals surface area contributed by atoms with Crippen molar-refractivity contribution in [1.29, 1.82) is 0 Å². The second-order valence-electron chi connectivity index (χ2n) is 3.00. The fourth-order valence-corrected chi connectivity index (χ4v) is 1.09. The van der Waals surface area contributed by atoms with E-state index in [-0.39, 0.29) is 13.2 Å². The zero-order valence-corrected chi connectivity index (χ0v) is 7.71. The van der Waals surface area contributed by atoms with Gasteiger partial charge >= 0.3 is 0 Å². The first-order valence-electron chi connectivity index (χ1n) is 4.40. The Morgan fingerprint density at radius 1 is 1.14 bits per heavy atom. The molecule has 0 fully saturated rings. The van der Waals surface area contributed by atoms with Gasteiger partial charge in [-0.1, -0.05) is 24.3 Å². The number of aliphatic hydroxyl groups excluding tert-OH is 1. The van der Waals surface area contributed by atoms with Crippen LogP contribution >= 0.6 is 0 Å². The van der Waals surface area contributed by atoms with Gasteiger partial charge in [-0.2, -0.15) is 0 Å². The van der Waals surface area contributed by atoms with Crippen LogP contribution in [0.5, 0.6) is 0 Å². The standard InChI is InChI=1S/C10H13F2NO/c11-10(12)6-13-5-8-1-3-9(7-14)4-2-8/h1-4,10,13-14H,5-7H2. The molecule has 0 aliphatic carbocycles. The van der Waals surface area contributed by atoms with Crippen molar-refractivity contribution in [3.05, 3.63) is 35.4 Å². The smallest absolute Gasteiger partial charge is 0.250 e. The van der Waals surface area contributed by atoms with E-state index in [0.717, 1.165) is 11.1 Å². The molecule has 0 atom stereocenters. The van der Waals surface area contributed by atoms with Gasteiger partial charge in [0, 0.05) is 6.54 Å². The molecule has 0 amide bonds. The van der Waals surface area contributed by atoms with Crippen LogP contribution in [0.3, 0.4) is 0 Å². The summed E-state index contributed by atoms with van der Waals surface area (Å²) in [6, 6.07) is 7.17. The van der Waals surface area contributed by atoms with E-state index in [4.69, 9.17) is 5.11 Å². The molecule has 0 bridgehead atoms. The zero-order valence-electron chi connectivity index (χ0n) is 7.71. The van der Waals surface area contributed by atoms with Crippen molar-refractivity contribution in [2.24, 2.45) is 0 Å².